The molecule has 1 unspecified atom stereocenters. The lowest BCUT2D eigenvalue weighted by atomic mass is 10.0. The summed E-state index contributed by atoms with van der Waals surface area (Å²) in [4.78, 5) is 11.0. The van der Waals surface area contributed by atoms with Crippen LogP contribution in [0.1, 0.15) is 18.4 Å². The molecular weight excluding hydrogens is 292 g/mol. The molecule has 0 spiro atoms. The second-order valence-corrected chi connectivity index (χ2v) is 6.54. The Morgan fingerprint density at radius 2 is 2.24 bits per heavy atom. The van der Waals surface area contributed by atoms with Crippen LogP contribution in [0.4, 0.5) is 5.69 Å². The maximum Gasteiger partial charge on any atom is 0.307 e. The molecule has 1 aromatic carbocycles. The lowest BCUT2D eigenvalue weighted by molar-refractivity contribution is -0.142. The lowest BCUT2D eigenvalue weighted by Crippen LogP contribution is -2.44. The van der Waals surface area contributed by atoms with Crippen molar-refractivity contribution in [1.82, 2.24) is 4.31 Å². The Morgan fingerprint density at radius 1 is 1.48 bits per heavy atom. The summed E-state index contributed by atoms with van der Waals surface area (Å²) in [7, 11) is -3.78. The summed E-state index contributed by atoms with van der Waals surface area (Å²) in [6.07, 6.45) is 6.30. The average molecular weight is 308 g/mol. The van der Waals surface area contributed by atoms with Gasteiger partial charge in [0.25, 0.3) is 0 Å². The van der Waals surface area contributed by atoms with Crippen molar-refractivity contribution in [3.8, 4) is 12.3 Å². The van der Waals surface area contributed by atoms with Crippen molar-refractivity contribution in [3.05, 3.63) is 29.8 Å². The summed E-state index contributed by atoms with van der Waals surface area (Å²) in [6, 6.07) is 6.50. The van der Waals surface area contributed by atoms with Crippen molar-refractivity contribution in [2.24, 2.45) is 5.92 Å². The van der Waals surface area contributed by atoms with Crippen LogP contribution in [0.2, 0.25) is 0 Å². The van der Waals surface area contributed by atoms with Gasteiger partial charge in [-0.25, -0.2) is 0 Å². The van der Waals surface area contributed by atoms with E-state index >= 15 is 0 Å². The Bertz CT molecular complexity index is 678. The van der Waals surface area contributed by atoms with E-state index in [1.165, 1.54) is 0 Å². The molecule has 1 aliphatic heterocycles. The number of terminal acetylenes is 1. The maximum absolute atomic E-state index is 12.3. The van der Waals surface area contributed by atoms with Crippen molar-refractivity contribution in [3.63, 3.8) is 0 Å². The van der Waals surface area contributed by atoms with Gasteiger partial charge in [-0.2, -0.15) is 12.7 Å². The molecule has 21 heavy (non-hydrogen) atoms. The molecule has 0 saturated carbocycles. The van der Waals surface area contributed by atoms with Crippen LogP contribution in [0.25, 0.3) is 0 Å². The van der Waals surface area contributed by atoms with E-state index in [4.69, 9.17) is 11.5 Å². The van der Waals surface area contributed by atoms with Gasteiger partial charge in [-0.05, 0) is 31.0 Å². The summed E-state index contributed by atoms with van der Waals surface area (Å²) in [5, 5.41) is 9.02. The summed E-state index contributed by atoms with van der Waals surface area (Å²) < 4.78 is 28.2. The number of rotatable bonds is 4. The van der Waals surface area contributed by atoms with Crippen molar-refractivity contribution < 1.29 is 18.3 Å². The predicted molar refractivity (Wildman–Crippen MR) is 78.9 cm³/mol. The van der Waals surface area contributed by atoms with Crippen molar-refractivity contribution in [1.29, 1.82) is 0 Å². The number of hydrogen-bond acceptors (Lipinski definition) is 3. The van der Waals surface area contributed by atoms with Crippen LogP contribution in [0.3, 0.4) is 0 Å². The zero-order valence-electron chi connectivity index (χ0n) is 11.3. The first kappa shape index (κ1) is 15.4. The molecule has 0 aliphatic carbocycles. The summed E-state index contributed by atoms with van der Waals surface area (Å²) >= 11 is 0. The van der Waals surface area contributed by atoms with Gasteiger partial charge in [0.2, 0.25) is 0 Å². The molecule has 1 saturated heterocycles. The van der Waals surface area contributed by atoms with Gasteiger partial charge in [-0.1, -0.05) is 12.0 Å². The first-order valence-corrected chi connectivity index (χ1v) is 7.94. The molecule has 0 radical (unpaired) electrons. The number of carbonyl (C=O) groups is 1. The fourth-order valence-electron chi connectivity index (χ4n) is 2.25. The van der Waals surface area contributed by atoms with Crippen molar-refractivity contribution in [2.45, 2.75) is 12.8 Å². The highest BCUT2D eigenvalue weighted by atomic mass is 32.2. The highest BCUT2D eigenvalue weighted by Crippen LogP contribution is 2.21. The molecule has 0 amide bonds. The molecule has 7 heteroatoms. The third-order valence-electron chi connectivity index (χ3n) is 3.35. The Hall–Kier alpha value is -2.04. The SMILES string of the molecule is C#Cc1cccc(NS(=O)(=O)N2CCCC(C(=O)O)C2)c1. The van der Waals surface area contributed by atoms with E-state index in [0.717, 1.165) is 4.31 Å². The van der Waals surface area contributed by atoms with Crippen LogP contribution in [0.5, 0.6) is 0 Å². The number of nitrogens with one attached hydrogen (secondary N) is 1. The number of carboxylic acid groups (broad SMARTS) is 1. The second kappa shape index (κ2) is 6.16. The average Bonchev–Trinajstić information content (AvgIpc) is 2.47. The fraction of sp³-hybridized carbons (Fsp3) is 0.357. The second-order valence-electron chi connectivity index (χ2n) is 4.87. The third-order valence-corrected chi connectivity index (χ3v) is 4.85. The van der Waals surface area contributed by atoms with Gasteiger partial charge in [0, 0.05) is 18.7 Å². The standard InChI is InChI=1S/C14H16N2O4S/c1-2-11-5-3-7-13(9-11)15-21(19,20)16-8-4-6-12(10-16)14(17)18/h1,3,5,7,9,12,15H,4,6,8,10H2,(H,17,18). The smallest absolute Gasteiger partial charge is 0.307 e. The molecule has 0 bridgehead atoms. The minimum absolute atomic E-state index is 0.0144. The number of carboxylic acids is 1. The Balaban J connectivity index is 2.14. The Morgan fingerprint density at radius 3 is 2.90 bits per heavy atom. The van der Waals surface area contributed by atoms with E-state index in [9.17, 15) is 13.2 Å². The number of piperidine rings is 1. The van der Waals surface area contributed by atoms with Gasteiger partial charge in [-0.15, -0.1) is 6.42 Å². The van der Waals surface area contributed by atoms with E-state index in [2.05, 4.69) is 10.6 Å². The van der Waals surface area contributed by atoms with Crippen LogP contribution >= 0.6 is 0 Å². The first-order chi connectivity index (χ1) is 9.92. The van der Waals surface area contributed by atoms with Crippen molar-refractivity contribution >= 4 is 21.9 Å². The first-order valence-electron chi connectivity index (χ1n) is 6.50. The number of aliphatic carboxylic acids is 1. The van der Waals surface area contributed by atoms with Gasteiger partial charge in [0.1, 0.15) is 0 Å². The number of anilines is 1. The van der Waals surface area contributed by atoms with Crippen molar-refractivity contribution in [2.75, 3.05) is 17.8 Å². The maximum atomic E-state index is 12.3. The zero-order chi connectivity index (χ0) is 15.5. The van der Waals surface area contributed by atoms with Crippen LogP contribution in [-0.4, -0.2) is 36.9 Å². The highest BCUT2D eigenvalue weighted by molar-refractivity contribution is 7.90. The predicted octanol–water partition coefficient (Wildman–Crippen LogP) is 1.12. The van der Waals surface area contributed by atoms with Crippen LogP contribution in [0.15, 0.2) is 24.3 Å². The largest absolute Gasteiger partial charge is 0.481 e. The zero-order valence-corrected chi connectivity index (χ0v) is 12.1. The molecule has 2 N–H and O–H groups in total. The number of nitrogens with zero attached hydrogens (tertiary/aromatic N) is 1. The van der Waals surface area contributed by atoms with Gasteiger partial charge >= 0.3 is 16.2 Å². The minimum Gasteiger partial charge on any atom is -0.481 e. The fourth-order valence-corrected chi connectivity index (χ4v) is 3.55. The molecule has 1 fully saturated rings. The summed E-state index contributed by atoms with van der Waals surface area (Å²) in [5.74, 6) is 0.800. The molecule has 2 rings (SSSR count). The molecule has 1 heterocycles. The van der Waals surface area contributed by atoms with Gasteiger partial charge in [0.15, 0.2) is 0 Å². The molecule has 6 nitrogen and oxygen atoms in total. The number of benzene rings is 1. The molecule has 0 aromatic heterocycles. The van der Waals surface area contributed by atoms with Crippen LogP contribution < -0.4 is 4.72 Å². The van der Waals surface area contributed by atoms with Gasteiger partial charge < -0.3 is 5.11 Å². The quantitative estimate of drug-likeness (QED) is 0.816. The van der Waals surface area contributed by atoms with Gasteiger partial charge in [0.05, 0.1) is 11.6 Å². The molecular formula is C14H16N2O4S. The monoisotopic (exact) mass is 308 g/mol. The van der Waals surface area contributed by atoms with E-state index < -0.39 is 22.1 Å². The van der Waals surface area contributed by atoms with Gasteiger partial charge in [-0.3, -0.25) is 9.52 Å². The van der Waals surface area contributed by atoms with E-state index in [0.29, 0.717) is 30.6 Å². The van der Waals surface area contributed by atoms with Crippen LogP contribution in [0, 0.1) is 18.3 Å². The molecule has 112 valence electrons. The van der Waals surface area contributed by atoms with Crippen LogP contribution in [-0.2, 0) is 15.0 Å². The molecule has 1 aromatic rings. The normalized spacial score (nSPS) is 19.7. The Kier molecular flexibility index (Phi) is 4.50. The Labute approximate surface area is 124 Å². The summed E-state index contributed by atoms with van der Waals surface area (Å²) in [6.45, 7) is 0.299. The van der Waals surface area contributed by atoms with E-state index in [1.54, 1.807) is 24.3 Å². The van der Waals surface area contributed by atoms with E-state index in [-0.39, 0.29) is 6.54 Å². The molecule has 1 aliphatic rings. The topological polar surface area (TPSA) is 86.7 Å². The van der Waals surface area contributed by atoms with E-state index in [1.807, 2.05) is 0 Å². The molecule has 1 atom stereocenters. The highest BCUT2D eigenvalue weighted by Gasteiger charge is 2.32. The summed E-state index contributed by atoms with van der Waals surface area (Å²) in [5.41, 5.74) is 0.931. The minimum atomic E-state index is -3.78. The lowest BCUT2D eigenvalue weighted by Gasteiger charge is -2.29. The third kappa shape index (κ3) is 3.74. The number of hydrogen-bond donors (Lipinski definition) is 2.